The van der Waals surface area contributed by atoms with E-state index in [2.05, 4.69) is 4.98 Å². The highest BCUT2D eigenvalue weighted by atomic mass is 32.1. The van der Waals surface area contributed by atoms with Gasteiger partial charge in [0, 0.05) is 13.2 Å². The maximum absolute atomic E-state index is 12.6. The number of likely N-dealkylation sites (tertiary alicyclic amines) is 1. The molecule has 22 heavy (non-hydrogen) atoms. The van der Waals surface area contributed by atoms with Gasteiger partial charge in [0.05, 0.1) is 6.20 Å². The van der Waals surface area contributed by atoms with Crippen LogP contribution in [0.4, 0.5) is 0 Å². The largest absolute Gasteiger partial charge is 0.480 e. The van der Waals surface area contributed by atoms with E-state index in [0.717, 1.165) is 30.9 Å². The van der Waals surface area contributed by atoms with Crippen LogP contribution >= 0.6 is 11.3 Å². The Bertz CT molecular complexity index is 568. The van der Waals surface area contributed by atoms with Gasteiger partial charge >= 0.3 is 5.97 Å². The molecule has 3 rings (SSSR count). The van der Waals surface area contributed by atoms with Crippen LogP contribution in [0, 0.1) is 5.92 Å². The molecule has 3 heterocycles. The second-order valence-electron chi connectivity index (χ2n) is 6.05. The quantitative estimate of drug-likeness (QED) is 0.923. The zero-order chi connectivity index (χ0) is 15.7. The van der Waals surface area contributed by atoms with Crippen LogP contribution in [0.25, 0.3) is 0 Å². The summed E-state index contributed by atoms with van der Waals surface area (Å²) in [4.78, 5) is 30.4. The summed E-state index contributed by atoms with van der Waals surface area (Å²) in [7, 11) is 0. The van der Waals surface area contributed by atoms with E-state index in [4.69, 9.17) is 4.74 Å². The van der Waals surface area contributed by atoms with Gasteiger partial charge in [0.25, 0.3) is 5.91 Å². The topological polar surface area (TPSA) is 79.7 Å². The lowest BCUT2D eigenvalue weighted by molar-refractivity contribution is -0.144. The third-order valence-corrected chi connectivity index (χ3v) is 5.43. The Balaban J connectivity index is 1.76. The summed E-state index contributed by atoms with van der Waals surface area (Å²) in [6, 6.07) is -0.732. The van der Waals surface area contributed by atoms with Crippen molar-refractivity contribution in [1.82, 2.24) is 9.88 Å². The highest BCUT2D eigenvalue weighted by Gasteiger charge is 2.36. The molecule has 0 bridgehead atoms. The van der Waals surface area contributed by atoms with E-state index in [9.17, 15) is 14.7 Å². The van der Waals surface area contributed by atoms with E-state index in [1.807, 2.05) is 6.92 Å². The van der Waals surface area contributed by atoms with Gasteiger partial charge in [0.2, 0.25) is 0 Å². The Kier molecular flexibility index (Phi) is 4.44. The smallest absolute Gasteiger partial charge is 0.326 e. The van der Waals surface area contributed by atoms with E-state index >= 15 is 0 Å². The van der Waals surface area contributed by atoms with Crippen LogP contribution < -0.4 is 0 Å². The molecule has 3 atom stereocenters. The number of carbonyl (C=O) groups is 2. The highest BCUT2D eigenvalue weighted by Crippen LogP contribution is 2.32. The molecule has 6 nitrogen and oxygen atoms in total. The number of nitrogens with zero attached hydrogens (tertiary/aromatic N) is 2. The first kappa shape index (κ1) is 15.4. The minimum atomic E-state index is -0.927. The van der Waals surface area contributed by atoms with Crippen LogP contribution in [0.1, 0.15) is 53.4 Å². The monoisotopic (exact) mass is 324 g/mol. The molecule has 2 aliphatic rings. The van der Waals surface area contributed by atoms with E-state index in [1.54, 1.807) is 6.20 Å². The van der Waals surface area contributed by atoms with Gasteiger partial charge in [-0.1, -0.05) is 6.92 Å². The first-order valence-corrected chi connectivity index (χ1v) is 8.49. The number of hydrogen-bond donors (Lipinski definition) is 1. The zero-order valence-electron chi connectivity index (χ0n) is 12.5. The molecule has 1 N–H and O–H groups in total. The van der Waals surface area contributed by atoms with Gasteiger partial charge in [-0.2, -0.15) is 0 Å². The fourth-order valence-corrected chi connectivity index (χ4v) is 4.03. The maximum atomic E-state index is 12.6. The maximum Gasteiger partial charge on any atom is 0.326 e. The molecular weight excluding hydrogens is 304 g/mol. The van der Waals surface area contributed by atoms with Gasteiger partial charge in [0.15, 0.2) is 0 Å². The first-order valence-electron chi connectivity index (χ1n) is 7.67. The van der Waals surface area contributed by atoms with Crippen molar-refractivity contribution in [2.75, 3.05) is 13.2 Å². The van der Waals surface area contributed by atoms with Gasteiger partial charge in [-0.05, 0) is 31.6 Å². The lowest BCUT2D eigenvalue weighted by Gasteiger charge is -2.35. The van der Waals surface area contributed by atoms with Crippen molar-refractivity contribution in [2.24, 2.45) is 5.92 Å². The van der Waals surface area contributed by atoms with Crippen molar-refractivity contribution in [3.8, 4) is 0 Å². The first-order chi connectivity index (χ1) is 10.6. The van der Waals surface area contributed by atoms with E-state index in [1.165, 1.54) is 16.2 Å². The Hall–Kier alpha value is -1.47. The number of carboxylic acid groups (broad SMARTS) is 1. The number of carboxylic acids is 1. The molecule has 0 aliphatic carbocycles. The van der Waals surface area contributed by atoms with Gasteiger partial charge in [0.1, 0.15) is 22.0 Å². The van der Waals surface area contributed by atoms with Crippen molar-refractivity contribution in [3.05, 3.63) is 16.1 Å². The number of piperidine rings is 1. The molecule has 1 aromatic heterocycles. The van der Waals surface area contributed by atoms with Crippen molar-refractivity contribution >= 4 is 23.2 Å². The zero-order valence-corrected chi connectivity index (χ0v) is 13.3. The third kappa shape index (κ3) is 3.01. The van der Waals surface area contributed by atoms with Crippen LogP contribution in [0.3, 0.4) is 0 Å². The average molecular weight is 324 g/mol. The molecular formula is C15H20N2O4S. The lowest BCUT2D eigenvalue weighted by Crippen LogP contribution is -2.49. The van der Waals surface area contributed by atoms with Gasteiger partial charge in [-0.15, -0.1) is 11.3 Å². The second kappa shape index (κ2) is 6.34. The standard InChI is InChI=1S/C15H20N2O4S/c1-9-4-5-17(10(7-9)15(19)20)14(18)12-8-16-13(22-12)11-3-2-6-21-11/h8-11H,2-7H2,1H3,(H,19,20). The minimum Gasteiger partial charge on any atom is -0.480 e. The summed E-state index contributed by atoms with van der Waals surface area (Å²) < 4.78 is 5.58. The van der Waals surface area contributed by atoms with Crippen LogP contribution in [-0.2, 0) is 9.53 Å². The molecule has 3 unspecified atom stereocenters. The number of ether oxygens (including phenoxy) is 1. The molecule has 120 valence electrons. The summed E-state index contributed by atoms with van der Waals surface area (Å²) in [6.45, 7) is 3.25. The van der Waals surface area contributed by atoms with E-state index in [-0.39, 0.29) is 12.0 Å². The molecule has 1 amide bonds. The molecule has 2 saturated heterocycles. The Morgan fingerprint density at radius 1 is 1.45 bits per heavy atom. The Morgan fingerprint density at radius 2 is 2.27 bits per heavy atom. The van der Waals surface area contributed by atoms with Crippen molar-refractivity contribution in [1.29, 1.82) is 0 Å². The molecule has 0 radical (unpaired) electrons. The number of aromatic nitrogens is 1. The number of amides is 1. The normalized spacial score (nSPS) is 28.8. The van der Waals surface area contributed by atoms with E-state index in [0.29, 0.717) is 23.8 Å². The van der Waals surface area contributed by atoms with Gasteiger partial charge in [-0.25, -0.2) is 9.78 Å². The summed E-state index contributed by atoms with van der Waals surface area (Å²) in [5, 5.41) is 10.2. The summed E-state index contributed by atoms with van der Waals surface area (Å²) in [5.41, 5.74) is 0. The van der Waals surface area contributed by atoms with E-state index < -0.39 is 12.0 Å². The molecule has 0 saturated carbocycles. The minimum absolute atomic E-state index is 0.0109. The van der Waals surface area contributed by atoms with Crippen LogP contribution in [-0.4, -0.2) is 46.1 Å². The fraction of sp³-hybridized carbons (Fsp3) is 0.667. The van der Waals surface area contributed by atoms with Crippen molar-refractivity contribution in [3.63, 3.8) is 0 Å². The number of thiazole rings is 1. The van der Waals surface area contributed by atoms with Gasteiger partial charge in [-0.3, -0.25) is 4.79 Å². The molecule has 0 spiro atoms. The average Bonchev–Trinajstić information content (AvgIpc) is 3.17. The van der Waals surface area contributed by atoms with Crippen LogP contribution in [0.5, 0.6) is 0 Å². The predicted molar refractivity (Wildman–Crippen MR) is 80.9 cm³/mol. The van der Waals surface area contributed by atoms with Crippen LogP contribution in [0.2, 0.25) is 0 Å². The summed E-state index contributed by atoms with van der Waals surface area (Å²) in [6.07, 6.45) is 4.84. The number of rotatable bonds is 3. The number of hydrogen-bond acceptors (Lipinski definition) is 5. The van der Waals surface area contributed by atoms with Crippen LogP contribution in [0.15, 0.2) is 6.20 Å². The Labute approximate surface area is 133 Å². The number of aliphatic carboxylic acids is 1. The molecule has 1 aromatic rings. The number of carbonyl (C=O) groups excluding carboxylic acids is 1. The SMILES string of the molecule is CC1CCN(C(=O)c2cnc(C3CCCO3)s2)C(C(=O)O)C1. The summed E-state index contributed by atoms with van der Waals surface area (Å²) in [5.74, 6) is -0.820. The molecule has 2 fully saturated rings. The fourth-order valence-electron chi connectivity index (χ4n) is 3.07. The predicted octanol–water partition coefficient (Wildman–Crippen LogP) is 2.32. The molecule has 2 aliphatic heterocycles. The lowest BCUT2D eigenvalue weighted by atomic mass is 9.92. The van der Waals surface area contributed by atoms with Crippen molar-refractivity contribution in [2.45, 2.75) is 44.8 Å². The second-order valence-corrected chi connectivity index (χ2v) is 7.11. The Morgan fingerprint density at radius 3 is 2.95 bits per heavy atom. The summed E-state index contributed by atoms with van der Waals surface area (Å²) >= 11 is 1.33. The van der Waals surface area contributed by atoms with Crippen molar-refractivity contribution < 1.29 is 19.4 Å². The third-order valence-electron chi connectivity index (χ3n) is 4.35. The molecule has 0 aromatic carbocycles. The molecule has 7 heteroatoms. The highest BCUT2D eigenvalue weighted by molar-refractivity contribution is 7.13. The van der Waals surface area contributed by atoms with Gasteiger partial charge < -0.3 is 14.7 Å².